The molecule has 0 unspecified atom stereocenters. The number of hydrogen-bond acceptors (Lipinski definition) is 5. The lowest BCUT2D eigenvalue weighted by molar-refractivity contribution is 0.603. The Morgan fingerprint density at radius 2 is 2.00 bits per heavy atom. The molecule has 124 valence electrons. The third kappa shape index (κ3) is 3.50. The molecule has 9 heteroatoms. The van der Waals surface area contributed by atoms with Crippen LogP contribution in [-0.4, -0.2) is 18.2 Å². The molecule has 2 aromatic heterocycles. The van der Waals surface area contributed by atoms with E-state index < -0.39 is 10.0 Å². The fourth-order valence-electron chi connectivity index (χ4n) is 2.01. The fraction of sp³-hybridized carbons (Fsp3) is 0.0667. The summed E-state index contributed by atoms with van der Waals surface area (Å²) >= 11 is 6.94. The van der Waals surface area contributed by atoms with Crippen LogP contribution >= 0.6 is 22.9 Å². The molecule has 1 aromatic carbocycles. The summed E-state index contributed by atoms with van der Waals surface area (Å²) in [5.41, 5.74) is 1.31. The Balaban J connectivity index is 1.91. The number of rotatable bonds is 4. The number of sulfonamides is 1. The van der Waals surface area contributed by atoms with Crippen LogP contribution in [0, 0.1) is 0 Å². The van der Waals surface area contributed by atoms with Gasteiger partial charge in [-0.05, 0) is 30.3 Å². The quantitative estimate of drug-likeness (QED) is 0.753. The first-order valence-electron chi connectivity index (χ1n) is 6.77. The van der Waals surface area contributed by atoms with Crippen molar-refractivity contribution in [1.82, 2.24) is 9.78 Å². The van der Waals surface area contributed by atoms with Gasteiger partial charge in [-0.2, -0.15) is 5.10 Å². The van der Waals surface area contributed by atoms with E-state index in [9.17, 15) is 13.2 Å². The van der Waals surface area contributed by atoms with Crippen LogP contribution < -0.4 is 10.3 Å². The fourth-order valence-corrected chi connectivity index (χ4v) is 4.42. The third-order valence-electron chi connectivity index (χ3n) is 3.17. The number of benzene rings is 1. The summed E-state index contributed by atoms with van der Waals surface area (Å²) < 4.78 is 28.7. The molecule has 6 nitrogen and oxygen atoms in total. The van der Waals surface area contributed by atoms with E-state index in [-0.39, 0.29) is 9.77 Å². The van der Waals surface area contributed by atoms with E-state index >= 15 is 0 Å². The molecule has 2 heterocycles. The predicted octanol–water partition coefficient (Wildman–Crippen LogP) is 2.96. The highest BCUT2D eigenvalue weighted by Crippen LogP contribution is 2.28. The summed E-state index contributed by atoms with van der Waals surface area (Å²) in [5, 5.41) is 6.23. The van der Waals surface area contributed by atoms with Gasteiger partial charge in [0, 0.05) is 29.1 Å². The van der Waals surface area contributed by atoms with Crippen molar-refractivity contribution >= 4 is 38.6 Å². The monoisotopic (exact) mass is 381 g/mol. The number of hydrogen-bond donors (Lipinski definition) is 1. The first kappa shape index (κ1) is 16.7. The third-order valence-corrected chi connectivity index (χ3v) is 6.23. The topological polar surface area (TPSA) is 81.1 Å². The summed E-state index contributed by atoms with van der Waals surface area (Å²) in [7, 11) is -2.18. The smallest absolute Gasteiger partial charge is 0.271 e. The summed E-state index contributed by atoms with van der Waals surface area (Å²) in [4.78, 5) is 11.4. The minimum absolute atomic E-state index is 0.146. The van der Waals surface area contributed by atoms with E-state index in [1.54, 1.807) is 29.6 Å². The Kier molecular flexibility index (Phi) is 4.44. The van der Waals surface area contributed by atoms with Crippen molar-refractivity contribution in [3.63, 3.8) is 0 Å². The molecule has 0 spiro atoms. The molecule has 0 amide bonds. The van der Waals surface area contributed by atoms with Crippen LogP contribution in [0.2, 0.25) is 5.02 Å². The average molecular weight is 382 g/mol. The van der Waals surface area contributed by atoms with E-state index in [4.69, 9.17) is 11.6 Å². The number of anilines is 1. The van der Waals surface area contributed by atoms with Crippen molar-refractivity contribution in [3.8, 4) is 11.3 Å². The van der Waals surface area contributed by atoms with Crippen LogP contribution in [0.3, 0.4) is 0 Å². The van der Waals surface area contributed by atoms with Crippen LogP contribution in [0.25, 0.3) is 11.3 Å². The number of aromatic nitrogens is 2. The molecule has 0 aliphatic carbocycles. The molecule has 3 aromatic rings. The Bertz CT molecular complexity index is 1060. The van der Waals surface area contributed by atoms with Crippen molar-refractivity contribution in [2.24, 2.45) is 7.05 Å². The van der Waals surface area contributed by atoms with Gasteiger partial charge in [-0.15, -0.1) is 11.3 Å². The van der Waals surface area contributed by atoms with E-state index in [2.05, 4.69) is 9.82 Å². The van der Waals surface area contributed by atoms with Crippen LogP contribution in [0.15, 0.2) is 56.8 Å². The number of thiophene rings is 1. The summed E-state index contributed by atoms with van der Waals surface area (Å²) in [5.74, 6) is 0. The van der Waals surface area contributed by atoms with Gasteiger partial charge in [0.2, 0.25) is 0 Å². The highest BCUT2D eigenvalue weighted by atomic mass is 35.5. The van der Waals surface area contributed by atoms with Gasteiger partial charge in [0.05, 0.1) is 11.4 Å². The molecule has 0 saturated carbocycles. The summed E-state index contributed by atoms with van der Waals surface area (Å²) in [6.45, 7) is 0. The molecule has 0 bridgehead atoms. The molecule has 1 N–H and O–H groups in total. The molecule has 0 radical (unpaired) electrons. The maximum Gasteiger partial charge on any atom is 0.271 e. The van der Waals surface area contributed by atoms with E-state index in [1.165, 1.54) is 29.9 Å². The van der Waals surface area contributed by atoms with Gasteiger partial charge in [0.1, 0.15) is 4.21 Å². The lowest BCUT2D eigenvalue weighted by atomic mass is 10.2. The molecule has 0 aliphatic heterocycles. The molecule has 0 aliphatic rings. The Morgan fingerprint density at radius 1 is 1.21 bits per heavy atom. The van der Waals surface area contributed by atoms with Crippen LogP contribution in [-0.2, 0) is 17.1 Å². The van der Waals surface area contributed by atoms with Gasteiger partial charge >= 0.3 is 0 Å². The minimum Gasteiger partial charge on any atom is -0.279 e. The van der Waals surface area contributed by atoms with Crippen molar-refractivity contribution < 1.29 is 8.42 Å². The van der Waals surface area contributed by atoms with Gasteiger partial charge in [-0.3, -0.25) is 9.52 Å². The Hall–Kier alpha value is -2.16. The maximum atomic E-state index is 12.5. The van der Waals surface area contributed by atoms with Crippen molar-refractivity contribution in [2.75, 3.05) is 4.72 Å². The van der Waals surface area contributed by atoms with Gasteiger partial charge in [-0.25, -0.2) is 13.1 Å². The minimum atomic E-state index is -3.72. The Morgan fingerprint density at radius 3 is 2.71 bits per heavy atom. The maximum absolute atomic E-state index is 12.5. The highest BCUT2D eigenvalue weighted by Gasteiger charge is 2.18. The van der Waals surface area contributed by atoms with Crippen molar-refractivity contribution in [2.45, 2.75) is 4.21 Å². The molecule has 0 fully saturated rings. The zero-order chi connectivity index (χ0) is 17.3. The molecule has 3 rings (SSSR count). The lowest BCUT2D eigenvalue weighted by Crippen LogP contribution is -2.18. The first-order valence-corrected chi connectivity index (χ1v) is 9.51. The molecular formula is C15H12ClN3O3S2. The normalized spacial score (nSPS) is 11.4. The number of nitrogens with zero attached hydrogens (tertiary/aromatic N) is 2. The zero-order valence-corrected chi connectivity index (χ0v) is 14.8. The standard InChI is InChI=1S/C15H12ClN3O3S2/c1-19-14(20)6-5-13(17-19)10-7-15(23-9-10)24(21,22)18-12-4-2-3-11(16)8-12/h2-9,18H,1H3. The second kappa shape index (κ2) is 6.39. The largest absolute Gasteiger partial charge is 0.279 e. The number of nitrogens with one attached hydrogen (secondary N) is 1. The van der Waals surface area contributed by atoms with Crippen molar-refractivity contribution in [1.29, 1.82) is 0 Å². The van der Waals surface area contributed by atoms with Gasteiger partial charge in [0.25, 0.3) is 15.6 Å². The molecule has 0 atom stereocenters. The predicted molar refractivity (Wildman–Crippen MR) is 95.1 cm³/mol. The van der Waals surface area contributed by atoms with Gasteiger partial charge in [0.15, 0.2) is 0 Å². The lowest BCUT2D eigenvalue weighted by Gasteiger charge is -2.06. The van der Waals surface area contributed by atoms with E-state index in [0.717, 1.165) is 11.3 Å². The van der Waals surface area contributed by atoms with Crippen LogP contribution in [0.4, 0.5) is 5.69 Å². The van der Waals surface area contributed by atoms with Crippen LogP contribution in [0.1, 0.15) is 0 Å². The zero-order valence-electron chi connectivity index (χ0n) is 12.4. The summed E-state index contributed by atoms with van der Waals surface area (Å²) in [6.07, 6.45) is 0. The number of aryl methyl sites for hydroxylation is 1. The molecule has 24 heavy (non-hydrogen) atoms. The first-order chi connectivity index (χ1) is 11.3. The van der Waals surface area contributed by atoms with Crippen molar-refractivity contribution in [3.05, 3.63) is 63.2 Å². The second-order valence-electron chi connectivity index (χ2n) is 4.95. The molecule has 0 saturated heterocycles. The molecular weight excluding hydrogens is 370 g/mol. The van der Waals surface area contributed by atoms with E-state index in [0.29, 0.717) is 22.0 Å². The summed E-state index contributed by atoms with van der Waals surface area (Å²) in [6, 6.07) is 10.9. The Labute approximate surface area is 147 Å². The van der Waals surface area contributed by atoms with Gasteiger partial charge < -0.3 is 0 Å². The highest BCUT2D eigenvalue weighted by molar-refractivity contribution is 7.94. The SMILES string of the molecule is Cn1nc(-c2csc(S(=O)(=O)Nc3cccc(Cl)c3)c2)ccc1=O. The average Bonchev–Trinajstić information content (AvgIpc) is 3.00. The van der Waals surface area contributed by atoms with Crippen LogP contribution in [0.5, 0.6) is 0 Å². The second-order valence-corrected chi connectivity index (χ2v) is 8.21. The number of halogens is 1. The van der Waals surface area contributed by atoms with E-state index in [1.807, 2.05) is 0 Å². The van der Waals surface area contributed by atoms with Gasteiger partial charge in [-0.1, -0.05) is 17.7 Å².